The van der Waals surface area contributed by atoms with Gasteiger partial charge < -0.3 is 5.73 Å². The normalized spacial score (nSPS) is 20.1. The molecule has 1 rings (SSSR count). The molecule has 1 aliphatic heterocycles. The minimum Gasteiger partial charge on any atom is -0.330 e. The Kier molecular flexibility index (Phi) is 4.13. The minimum atomic E-state index is 0.478. The first kappa shape index (κ1) is 8.33. The van der Waals surface area contributed by atoms with E-state index >= 15 is 0 Å². The zero-order valence-electron chi connectivity index (χ0n) is 6.10. The quantitative estimate of drug-likeness (QED) is 0.489. The Morgan fingerprint density at radius 3 is 2.70 bits per heavy atom. The second-order valence-corrected chi connectivity index (χ2v) is 3.51. The van der Waals surface area contributed by atoms with Gasteiger partial charge in [-0.25, -0.2) is 0 Å². The van der Waals surface area contributed by atoms with Crippen molar-refractivity contribution in [3.8, 4) is 0 Å². The fourth-order valence-electron chi connectivity index (χ4n) is 0.881. The van der Waals surface area contributed by atoms with E-state index < -0.39 is 0 Å². The predicted molar refractivity (Wildman–Crippen MR) is 45.9 cm³/mol. The van der Waals surface area contributed by atoms with Crippen LogP contribution in [-0.2, 0) is 0 Å². The summed E-state index contributed by atoms with van der Waals surface area (Å²) < 4.78 is 0. The third kappa shape index (κ3) is 2.88. The van der Waals surface area contributed by atoms with E-state index in [1.807, 2.05) is 11.8 Å². The lowest BCUT2D eigenvalue weighted by Crippen LogP contribution is -2.27. The molecule has 0 aromatic rings. The average Bonchev–Trinajstić information content (AvgIpc) is 2.41. The van der Waals surface area contributed by atoms with Crippen molar-refractivity contribution in [2.75, 3.05) is 25.4 Å². The van der Waals surface area contributed by atoms with Crippen LogP contribution in [0.25, 0.3) is 0 Å². The third-order valence-electron chi connectivity index (χ3n) is 1.42. The molecular formula is C6H15N3S. The molecule has 0 bridgehead atoms. The smallest absolute Gasteiger partial charge is 0.106 e. The molecule has 0 atom stereocenters. The van der Waals surface area contributed by atoms with Crippen molar-refractivity contribution in [1.29, 1.82) is 0 Å². The van der Waals surface area contributed by atoms with Crippen LogP contribution in [-0.4, -0.2) is 30.9 Å². The maximum atomic E-state index is 5.36. The molecule has 1 heterocycles. The number of rotatable bonds is 4. The average molecular weight is 161 g/mol. The van der Waals surface area contributed by atoms with Crippen LogP contribution in [0.5, 0.6) is 0 Å². The van der Waals surface area contributed by atoms with Crippen LogP contribution in [0, 0.1) is 0 Å². The van der Waals surface area contributed by atoms with Gasteiger partial charge in [0.25, 0.3) is 0 Å². The zero-order chi connectivity index (χ0) is 7.23. The topological polar surface area (TPSA) is 50.1 Å². The molecule has 0 unspecified atom stereocenters. The molecule has 1 aliphatic rings. The lowest BCUT2D eigenvalue weighted by Gasteiger charge is -2.08. The van der Waals surface area contributed by atoms with Gasteiger partial charge >= 0.3 is 0 Å². The van der Waals surface area contributed by atoms with Crippen molar-refractivity contribution in [2.24, 2.45) is 5.73 Å². The van der Waals surface area contributed by atoms with Crippen LogP contribution in [0.3, 0.4) is 0 Å². The highest BCUT2D eigenvalue weighted by Gasteiger charge is 2.11. The first-order chi connectivity index (χ1) is 4.93. The van der Waals surface area contributed by atoms with Gasteiger partial charge in [-0.3, -0.25) is 10.6 Å². The first-order valence-electron chi connectivity index (χ1n) is 3.72. The predicted octanol–water partition coefficient (Wildman–Crippen LogP) is -0.455. The van der Waals surface area contributed by atoms with Gasteiger partial charge in [-0.05, 0) is 18.7 Å². The molecule has 10 heavy (non-hydrogen) atoms. The molecule has 1 saturated heterocycles. The fraction of sp³-hybridized carbons (Fsp3) is 1.00. The Labute approximate surface area is 66.1 Å². The van der Waals surface area contributed by atoms with Crippen LogP contribution in [0.2, 0.25) is 0 Å². The fourth-order valence-corrected chi connectivity index (χ4v) is 1.92. The molecular weight excluding hydrogens is 146 g/mol. The lowest BCUT2D eigenvalue weighted by atomic mass is 10.5. The van der Waals surface area contributed by atoms with Gasteiger partial charge in [0, 0.05) is 13.1 Å². The van der Waals surface area contributed by atoms with Gasteiger partial charge in [-0.2, -0.15) is 0 Å². The second kappa shape index (κ2) is 4.96. The molecule has 1 fully saturated rings. The Balaban J connectivity index is 1.91. The van der Waals surface area contributed by atoms with Gasteiger partial charge in [0.2, 0.25) is 0 Å². The van der Waals surface area contributed by atoms with Crippen LogP contribution in [0.4, 0.5) is 0 Å². The van der Waals surface area contributed by atoms with E-state index in [0.717, 1.165) is 31.8 Å². The third-order valence-corrected chi connectivity index (χ3v) is 2.61. The van der Waals surface area contributed by atoms with E-state index in [1.54, 1.807) is 0 Å². The highest BCUT2D eigenvalue weighted by molar-refractivity contribution is 7.99. The number of thioether (sulfide) groups is 1. The van der Waals surface area contributed by atoms with Crippen molar-refractivity contribution in [1.82, 2.24) is 10.6 Å². The van der Waals surface area contributed by atoms with E-state index in [4.69, 9.17) is 5.73 Å². The number of nitrogens with two attached hydrogens (primary N) is 1. The van der Waals surface area contributed by atoms with Crippen molar-refractivity contribution in [3.63, 3.8) is 0 Å². The molecule has 0 radical (unpaired) electrons. The van der Waals surface area contributed by atoms with Crippen LogP contribution in [0.15, 0.2) is 0 Å². The van der Waals surface area contributed by atoms with Gasteiger partial charge in [0.1, 0.15) is 5.50 Å². The van der Waals surface area contributed by atoms with E-state index in [9.17, 15) is 0 Å². The van der Waals surface area contributed by atoms with E-state index in [2.05, 4.69) is 10.6 Å². The van der Waals surface area contributed by atoms with Crippen molar-refractivity contribution >= 4 is 11.8 Å². The highest BCUT2D eigenvalue weighted by Crippen LogP contribution is 2.08. The summed E-state index contributed by atoms with van der Waals surface area (Å²) in [5.41, 5.74) is 5.84. The van der Waals surface area contributed by atoms with Gasteiger partial charge in [-0.1, -0.05) is 0 Å². The monoisotopic (exact) mass is 161 g/mol. The largest absolute Gasteiger partial charge is 0.330 e. The molecule has 4 N–H and O–H groups in total. The number of hydrogen-bond acceptors (Lipinski definition) is 4. The Hall–Kier alpha value is 0.230. The van der Waals surface area contributed by atoms with Crippen LogP contribution in [0.1, 0.15) is 6.42 Å². The van der Waals surface area contributed by atoms with Crippen molar-refractivity contribution in [3.05, 3.63) is 0 Å². The Morgan fingerprint density at radius 1 is 1.40 bits per heavy atom. The molecule has 60 valence electrons. The minimum absolute atomic E-state index is 0.478. The van der Waals surface area contributed by atoms with Crippen molar-refractivity contribution < 1.29 is 0 Å². The molecule has 3 nitrogen and oxygen atoms in total. The lowest BCUT2D eigenvalue weighted by molar-refractivity contribution is 0.742. The molecule has 0 spiro atoms. The van der Waals surface area contributed by atoms with Gasteiger partial charge in [0.15, 0.2) is 0 Å². The van der Waals surface area contributed by atoms with Gasteiger partial charge in [0.05, 0.1) is 0 Å². The van der Waals surface area contributed by atoms with Crippen molar-refractivity contribution in [2.45, 2.75) is 11.9 Å². The Bertz CT molecular complexity index is 83.1. The summed E-state index contributed by atoms with van der Waals surface area (Å²) in [5.74, 6) is 1.15. The second-order valence-electron chi connectivity index (χ2n) is 2.30. The zero-order valence-corrected chi connectivity index (χ0v) is 6.91. The maximum Gasteiger partial charge on any atom is 0.106 e. The summed E-state index contributed by atoms with van der Waals surface area (Å²) in [6, 6.07) is 0. The molecule has 0 aromatic carbocycles. The standard InChI is InChI=1S/C6H15N3S/c7-2-1-5-10-6-8-3-4-9-6/h6,8-9H,1-5,7H2. The molecule has 4 heteroatoms. The van der Waals surface area contributed by atoms with E-state index in [0.29, 0.717) is 5.50 Å². The summed E-state index contributed by atoms with van der Waals surface area (Å²) in [6.07, 6.45) is 1.12. The van der Waals surface area contributed by atoms with E-state index in [1.165, 1.54) is 0 Å². The Morgan fingerprint density at radius 2 is 2.10 bits per heavy atom. The highest BCUT2D eigenvalue weighted by atomic mass is 32.2. The number of nitrogens with one attached hydrogen (secondary N) is 2. The molecule has 0 aliphatic carbocycles. The van der Waals surface area contributed by atoms with Crippen LogP contribution < -0.4 is 16.4 Å². The molecule has 0 amide bonds. The summed E-state index contributed by atoms with van der Waals surface area (Å²) in [5, 5.41) is 6.65. The first-order valence-corrected chi connectivity index (χ1v) is 4.77. The summed E-state index contributed by atoms with van der Waals surface area (Å²) >= 11 is 1.91. The number of hydrogen-bond donors (Lipinski definition) is 3. The molecule has 0 saturated carbocycles. The summed E-state index contributed by atoms with van der Waals surface area (Å²) in [4.78, 5) is 0. The summed E-state index contributed by atoms with van der Waals surface area (Å²) in [7, 11) is 0. The SMILES string of the molecule is NCCCSC1NCCN1. The van der Waals surface area contributed by atoms with Crippen LogP contribution >= 0.6 is 11.8 Å². The van der Waals surface area contributed by atoms with E-state index in [-0.39, 0.29) is 0 Å². The maximum absolute atomic E-state index is 5.36. The summed E-state index contributed by atoms with van der Waals surface area (Å²) in [6.45, 7) is 3.00. The molecule has 0 aromatic heterocycles. The van der Waals surface area contributed by atoms with Gasteiger partial charge in [-0.15, -0.1) is 11.8 Å².